The number of aromatic hydroxyl groups is 1. The lowest BCUT2D eigenvalue weighted by Gasteiger charge is -2.11. The average Bonchev–Trinajstić information content (AvgIpc) is 2.84. The van der Waals surface area contributed by atoms with Gasteiger partial charge in [-0.3, -0.25) is 9.59 Å². The molecule has 0 aliphatic heterocycles. The number of rotatable bonds is 6. The van der Waals surface area contributed by atoms with Gasteiger partial charge in [0, 0.05) is 16.6 Å². The Bertz CT molecular complexity index is 1430. The second-order valence-electron chi connectivity index (χ2n) is 7.59. The van der Waals surface area contributed by atoms with E-state index in [0.29, 0.717) is 33.5 Å². The van der Waals surface area contributed by atoms with E-state index in [1.165, 1.54) is 6.07 Å². The van der Waals surface area contributed by atoms with Crippen molar-refractivity contribution in [1.29, 1.82) is 0 Å². The molecule has 0 fully saturated rings. The number of anilines is 1. The quantitative estimate of drug-likeness (QED) is 0.326. The van der Waals surface area contributed by atoms with Crippen LogP contribution in [0.4, 0.5) is 17.1 Å². The molecule has 0 aliphatic rings. The highest BCUT2D eigenvalue weighted by Crippen LogP contribution is 2.40. The van der Waals surface area contributed by atoms with Crippen LogP contribution in [0.25, 0.3) is 10.8 Å². The summed E-state index contributed by atoms with van der Waals surface area (Å²) in [5, 5.41) is 23.6. The molecule has 0 radical (unpaired) electrons. The van der Waals surface area contributed by atoms with Crippen molar-refractivity contribution < 1.29 is 19.4 Å². The molecular formula is C26H22N4O4. The van der Waals surface area contributed by atoms with E-state index < -0.39 is 11.8 Å². The monoisotopic (exact) mass is 454 g/mol. The summed E-state index contributed by atoms with van der Waals surface area (Å²) in [5.41, 5.74) is 7.58. The Morgan fingerprint density at radius 2 is 1.71 bits per heavy atom. The van der Waals surface area contributed by atoms with Gasteiger partial charge in [0.2, 0.25) is 5.91 Å². The van der Waals surface area contributed by atoms with E-state index >= 15 is 0 Å². The number of hydrogen-bond acceptors (Lipinski definition) is 6. The van der Waals surface area contributed by atoms with Crippen LogP contribution in [0.5, 0.6) is 11.5 Å². The molecule has 8 heteroatoms. The molecule has 0 heterocycles. The zero-order chi connectivity index (χ0) is 24.2. The van der Waals surface area contributed by atoms with Crippen molar-refractivity contribution in [1.82, 2.24) is 0 Å². The number of primary amides is 1. The maximum Gasteiger partial charge on any atom is 0.259 e. The number of methoxy groups -OCH3 is 1. The van der Waals surface area contributed by atoms with Gasteiger partial charge in [-0.1, -0.05) is 30.3 Å². The number of hydrogen-bond donors (Lipinski definition) is 3. The Hall–Kier alpha value is -4.72. The Labute approximate surface area is 195 Å². The summed E-state index contributed by atoms with van der Waals surface area (Å²) in [7, 11) is 1.56. The van der Waals surface area contributed by atoms with Crippen LogP contribution in [-0.4, -0.2) is 24.0 Å². The molecule has 0 saturated carbocycles. The fraction of sp³-hybridized carbons (Fsp3) is 0.0769. The van der Waals surface area contributed by atoms with Crippen LogP contribution in [0.1, 0.15) is 26.3 Å². The molecule has 4 N–H and O–H groups in total. The number of phenolic OH excluding ortho intramolecular Hbond substituents is 1. The highest BCUT2D eigenvalue weighted by Gasteiger charge is 2.19. The van der Waals surface area contributed by atoms with E-state index in [1.807, 2.05) is 19.1 Å². The zero-order valence-electron chi connectivity index (χ0n) is 18.6. The second kappa shape index (κ2) is 9.41. The van der Waals surface area contributed by atoms with Gasteiger partial charge in [-0.2, -0.15) is 5.11 Å². The molecule has 4 aromatic rings. The molecule has 0 aromatic heterocycles. The van der Waals surface area contributed by atoms with Gasteiger partial charge in [0.1, 0.15) is 11.4 Å². The Morgan fingerprint density at radius 1 is 0.971 bits per heavy atom. The number of ether oxygens (including phenoxy) is 1. The van der Waals surface area contributed by atoms with Crippen molar-refractivity contribution in [2.45, 2.75) is 6.92 Å². The van der Waals surface area contributed by atoms with Crippen molar-refractivity contribution in [3.05, 3.63) is 89.5 Å². The van der Waals surface area contributed by atoms with E-state index in [4.69, 9.17) is 10.5 Å². The first-order valence-electron chi connectivity index (χ1n) is 10.4. The van der Waals surface area contributed by atoms with Crippen LogP contribution in [-0.2, 0) is 0 Å². The topological polar surface area (TPSA) is 126 Å². The average molecular weight is 454 g/mol. The molecule has 0 unspecified atom stereocenters. The number of nitrogens with two attached hydrogens (primary N) is 1. The molecule has 0 atom stereocenters. The molecule has 8 nitrogen and oxygen atoms in total. The molecule has 170 valence electrons. The predicted molar refractivity (Wildman–Crippen MR) is 130 cm³/mol. The molecule has 0 saturated heterocycles. The van der Waals surface area contributed by atoms with Gasteiger partial charge < -0.3 is 20.9 Å². The van der Waals surface area contributed by atoms with Crippen LogP contribution in [0.2, 0.25) is 0 Å². The fourth-order valence-electron chi connectivity index (χ4n) is 3.44. The van der Waals surface area contributed by atoms with Gasteiger partial charge in [-0.05, 0) is 60.3 Å². The van der Waals surface area contributed by atoms with Gasteiger partial charge in [0.05, 0.1) is 18.4 Å². The van der Waals surface area contributed by atoms with Crippen molar-refractivity contribution in [2.75, 3.05) is 12.4 Å². The first-order valence-corrected chi connectivity index (χ1v) is 10.4. The van der Waals surface area contributed by atoms with Gasteiger partial charge >= 0.3 is 0 Å². The van der Waals surface area contributed by atoms with Gasteiger partial charge in [0.25, 0.3) is 5.91 Å². The fourth-order valence-corrected chi connectivity index (χ4v) is 3.44. The van der Waals surface area contributed by atoms with Crippen LogP contribution < -0.4 is 15.8 Å². The number of fused-ring (bicyclic) bond motifs is 1. The van der Waals surface area contributed by atoms with Crippen molar-refractivity contribution >= 4 is 39.6 Å². The van der Waals surface area contributed by atoms with Crippen LogP contribution in [0.15, 0.2) is 83.0 Å². The summed E-state index contributed by atoms with van der Waals surface area (Å²) in [4.78, 5) is 24.5. The summed E-state index contributed by atoms with van der Waals surface area (Å²) >= 11 is 0. The summed E-state index contributed by atoms with van der Waals surface area (Å²) in [6.07, 6.45) is 0. The number of phenols is 1. The lowest BCUT2D eigenvalue weighted by Crippen LogP contribution is -2.12. The summed E-state index contributed by atoms with van der Waals surface area (Å²) < 4.78 is 5.13. The highest BCUT2D eigenvalue weighted by molar-refractivity contribution is 6.11. The first-order chi connectivity index (χ1) is 16.4. The Balaban J connectivity index is 1.76. The summed E-state index contributed by atoms with van der Waals surface area (Å²) in [6, 6.07) is 20.5. The van der Waals surface area contributed by atoms with E-state index in [9.17, 15) is 14.7 Å². The first kappa shape index (κ1) is 22.5. The number of amides is 2. The molecule has 34 heavy (non-hydrogen) atoms. The summed E-state index contributed by atoms with van der Waals surface area (Å²) in [6.45, 7) is 1.82. The number of azo groups is 1. The summed E-state index contributed by atoms with van der Waals surface area (Å²) in [5.74, 6) is -0.735. The number of carbonyl (C=O) groups excluding carboxylic acids is 2. The third-order valence-electron chi connectivity index (χ3n) is 5.34. The lowest BCUT2D eigenvalue weighted by atomic mass is 10.0. The normalized spacial score (nSPS) is 11.0. The van der Waals surface area contributed by atoms with Crippen LogP contribution in [0.3, 0.4) is 0 Å². The minimum absolute atomic E-state index is 0.0473. The predicted octanol–water partition coefficient (Wildman–Crippen LogP) is 5.63. The lowest BCUT2D eigenvalue weighted by molar-refractivity contribution is 0.0997. The molecular weight excluding hydrogens is 432 g/mol. The SMILES string of the molecule is COc1ccc(NC(=O)c2cc3ccccc3c(N=Nc3cc(C(N)=O)ccc3C)c2O)cc1. The van der Waals surface area contributed by atoms with Gasteiger partial charge in [-0.15, -0.1) is 5.11 Å². The maximum atomic E-state index is 13.0. The third-order valence-corrected chi connectivity index (χ3v) is 5.34. The minimum Gasteiger partial charge on any atom is -0.505 e. The van der Waals surface area contributed by atoms with E-state index in [0.717, 1.165) is 5.56 Å². The molecule has 4 rings (SSSR count). The number of nitrogens with zero attached hydrogens (tertiary/aromatic N) is 2. The smallest absolute Gasteiger partial charge is 0.259 e. The van der Waals surface area contributed by atoms with Crippen molar-refractivity contribution in [2.24, 2.45) is 16.0 Å². The van der Waals surface area contributed by atoms with Crippen molar-refractivity contribution in [3.63, 3.8) is 0 Å². The standard InChI is InChI=1S/C26H22N4O4/c1-15-7-8-17(25(27)32)14-22(15)29-30-23-20-6-4-3-5-16(20)13-21(24(23)31)26(33)28-18-9-11-19(34-2)12-10-18/h3-14,31H,1-2H3,(H2,27,32)(H,28,33). The van der Waals surface area contributed by atoms with E-state index in [2.05, 4.69) is 15.5 Å². The number of benzene rings is 4. The molecule has 4 aromatic carbocycles. The Morgan fingerprint density at radius 3 is 2.41 bits per heavy atom. The highest BCUT2D eigenvalue weighted by atomic mass is 16.5. The molecule has 2 amide bonds. The Kier molecular flexibility index (Phi) is 6.22. The van der Waals surface area contributed by atoms with Gasteiger partial charge in [0.15, 0.2) is 5.75 Å². The number of aryl methyl sites for hydroxylation is 1. The second-order valence-corrected chi connectivity index (χ2v) is 7.59. The zero-order valence-corrected chi connectivity index (χ0v) is 18.6. The minimum atomic E-state index is -0.582. The molecule has 0 bridgehead atoms. The molecule has 0 spiro atoms. The van der Waals surface area contributed by atoms with Crippen LogP contribution in [0, 0.1) is 6.92 Å². The van der Waals surface area contributed by atoms with Gasteiger partial charge in [-0.25, -0.2) is 0 Å². The largest absolute Gasteiger partial charge is 0.505 e. The number of nitrogens with one attached hydrogen (secondary N) is 1. The maximum absolute atomic E-state index is 13.0. The van der Waals surface area contributed by atoms with Crippen molar-refractivity contribution in [3.8, 4) is 11.5 Å². The van der Waals surface area contributed by atoms with E-state index in [1.54, 1.807) is 61.7 Å². The van der Waals surface area contributed by atoms with Crippen LogP contribution >= 0.6 is 0 Å². The van der Waals surface area contributed by atoms with E-state index in [-0.39, 0.29) is 17.0 Å². The number of carbonyl (C=O) groups is 2. The molecule has 0 aliphatic carbocycles. The third kappa shape index (κ3) is 4.56.